The molecule has 2 N–H and O–H groups in total. The summed E-state index contributed by atoms with van der Waals surface area (Å²) in [6.45, 7) is 1.94. The Hall–Kier alpha value is -3.59. The molecule has 36 heavy (non-hydrogen) atoms. The Morgan fingerprint density at radius 1 is 0.972 bits per heavy atom. The van der Waals surface area contributed by atoms with E-state index in [1.54, 1.807) is 68.7 Å². The average molecular weight is 498 g/mol. The van der Waals surface area contributed by atoms with Crippen LogP contribution in [0.1, 0.15) is 40.0 Å². The molecule has 0 unspecified atom stereocenters. The molecule has 3 amide bonds. The lowest BCUT2D eigenvalue weighted by molar-refractivity contribution is -0.124. The average Bonchev–Trinajstić information content (AvgIpc) is 2.93. The molecule has 1 aliphatic heterocycles. The highest BCUT2D eigenvalue weighted by Crippen LogP contribution is 2.26. The highest BCUT2D eigenvalue weighted by molar-refractivity contribution is 5.98. The molecule has 3 rings (SSSR count). The highest BCUT2D eigenvalue weighted by Gasteiger charge is 2.34. The maximum absolute atomic E-state index is 13.1. The van der Waals surface area contributed by atoms with Crippen molar-refractivity contribution in [3.63, 3.8) is 0 Å². The predicted octanol–water partition coefficient (Wildman–Crippen LogP) is 2.51. The van der Waals surface area contributed by atoms with Crippen molar-refractivity contribution in [3.8, 4) is 11.5 Å². The molecule has 2 aromatic carbocycles. The van der Waals surface area contributed by atoms with Crippen LogP contribution in [0.25, 0.3) is 0 Å². The van der Waals surface area contributed by atoms with Gasteiger partial charge in [0.1, 0.15) is 17.5 Å². The lowest BCUT2D eigenvalue weighted by atomic mass is 9.88. The molecule has 0 spiro atoms. The third-order valence-corrected chi connectivity index (χ3v) is 6.38. The Balaban J connectivity index is 1.68. The molecule has 0 bridgehead atoms. The molecule has 1 aliphatic rings. The van der Waals surface area contributed by atoms with Gasteiger partial charge in [-0.2, -0.15) is 0 Å². The van der Waals surface area contributed by atoms with Gasteiger partial charge in [0.05, 0.1) is 19.8 Å². The van der Waals surface area contributed by atoms with Crippen LogP contribution in [-0.4, -0.2) is 76.2 Å². The van der Waals surface area contributed by atoms with E-state index < -0.39 is 6.04 Å². The summed E-state index contributed by atoms with van der Waals surface area (Å²) in [6.07, 6.45) is 1.84. The van der Waals surface area contributed by atoms with Crippen LogP contribution >= 0.6 is 0 Å². The number of rotatable bonds is 11. The van der Waals surface area contributed by atoms with Crippen LogP contribution in [0.5, 0.6) is 11.5 Å². The van der Waals surface area contributed by atoms with Gasteiger partial charge >= 0.3 is 0 Å². The molecule has 9 nitrogen and oxygen atoms in total. The van der Waals surface area contributed by atoms with E-state index in [-0.39, 0.29) is 23.6 Å². The first-order valence-corrected chi connectivity index (χ1v) is 12.1. The molecule has 0 aliphatic carbocycles. The Bertz CT molecular complexity index is 1020. The fourth-order valence-electron chi connectivity index (χ4n) is 4.33. The van der Waals surface area contributed by atoms with E-state index in [0.29, 0.717) is 68.1 Å². The van der Waals surface area contributed by atoms with Crippen LogP contribution in [0.15, 0.2) is 48.5 Å². The van der Waals surface area contributed by atoms with Gasteiger partial charge in [0.15, 0.2) is 0 Å². The first-order chi connectivity index (χ1) is 17.5. The van der Waals surface area contributed by atoms with Gasteiger partial charge in [0.2, 0.25) is 5.91 Å². The fourth-order valence-corrected chi connectivity index (χ4v) is 4.33. The van der Waals surface area contributed by atoms with E-state index in [1.807, 2.05) is 6.07 Å². The maximum Gasteiger partial charge on any atom is 0.257 e. The van der Waals surface area contributed by atoms with E-state index in [4.69, 9.17) is 14.2 Å². The minimum Gasteiger partial charge on any atom is -0.497 e. The van der Waals surface area contributed by atoms with Crippen molar-refractivity contribution in [1.82, 2.24) is 15.5 Å². The molecule has 0 aromatic heterocycles. The molecule has 1 fully saturated rings. The van der Waals surface area contributed by atoms with Crippen molar-refractivity contribution in [3.05, 3.63) is 59.7 Å². The first kappa shape index (κ1) is 27.0. The normalized spacial score (nSPS) is 14.6. The number of hydrogen-bond donors (Lipinski definition) is 2. The van der Waals surface area contributed by atoms with Crippen LogP contribution in [0.4, 0.5) is 0 Å². The number of benzene rings is 2. The van der Waals surface area contributed by atoms with Crippen LogP contribution in [0.2, 0.25) is 0 Å². The molecule has 1 saturated heterocycles. The first-order valence-electron chi connectivity index (χ1n) is 12.1. The highest BCUT2D eigenvalue weighted by atomic mass is 16.5. The zero-order valence-electron chi connectivity index (χ0n) is 21.1. The number of likely N-dealkylation sites (tertiary alicyclic amines) is 1. The largest absolute Gasteiger partial charge is 0.497 e. The summed E-state index contributed by atoms with van der Waals surface area (Å²) < 4.78 is 15.5. The topological polar surface area (TPSA) is 106 Å². The van der Waals surface area contributed by atoms with Gasteiger partial charge in [0.25, 0.3) is 11.8 Å². The minimum atomic E-state index is -0.717. The Labute approximate surface area is 212 Å². The summed E-state index contributed by atoms with van der Waals surface area (Å²) in [6, 6.07) is 13.2. The van der Waals surface area contributed by atoms with Gasteiger partial charge < -0.3 is 29.7 Å². The minimum absolute atomic E-state index is 0.103. The van der Waals surface area contributed by atoms with Crippen LogP contribution in [-0.2, 0) is 9.53 Å². The van der Waals surface area contributed by atoms with Crippen LogP contribution in [0, 0.1) is 5.92 Å². The fraction of sp³-hybridized carbons (Fsp3) is 0.444. The Kier molecular flexibility index (Phi) is 10.1. The SMILES string of the molecule is COCCCNC(=O)[C@H](NC(=O)c1ccc(OC)cc1)C1CCN(C(=O)c2ccccc2OC)CC1. The Morgan fingerprint density at radius 3 is 2.31 bits per heavy atom. The molecule has 0 radical (unpaired) electrons. The third kappa shape index (κ3) is 6.97. The second kappa shape index (κ2) is 13.5. The standard InChI is InChI=1S/C27H35N3O6/c1-34-18-6-15-28-26(32)24(29-25(31)20-9-11-21(35-2)12-10-20)19-13-16-30(17-14-19)27(33)22-7-4-5-8-23(22)36-3/h4-5,7-12,19,24H,6,13-18H2,1-3H3,(H,28,32)(H,29,31)/t24-/m1/s1. The number of para-hydroxylation sites is 1. The van der Waals surface area contributed by atoms with E-state index in [1.165, 1.54) is 0 Å². The van der Waals surface area contributed by atoms with Gasteiger partial charge in [-0.15, -0.1) is 0 Å². The van der Waals surface area contributed by atoms with E-state index in [9.17, 15) is 14.4 Å². The molecule has 1 atom stereocenters. The number of carbonyl (C=O) groups excluding carboxylic acids is 3. The van der Waals surface area contributed by atoms with Crippen molar-refractivity contribution in [2.75, 3.05) is 47.6 Å². The summed E-state index contributed by atoms with van der Waals surface area (Å²) >= 11 is 0. The monoisotopic (exact) mass is 497 g/mol. The second-order valence-corrected chi connectivity index (χ2v) is 8.65. The summed E-state index contributed by atoms with van der Waals surface area (Å²) in [5.41, 5.74) is 0.954. The number of carbonyl (C=O) groups is 3. The molecule has 1 heterocycles. The third-order valence-electron chi connectivity index (χ3n) is 6.38. The number of hydrogen-bond acceptors (Lipinski definition) is 6. The zero-order chi connectivity index (χ0) is 25.9. The van der Waals surface area contributed by atoms with Gasteiger partial charge in [0, 0.05) is 38.9 Å². The molecule has 194 valence electrons. The lowest BCUT2D eigenvalue weighted by Gasteiger charge is -2.36. The summed E-state index contributed by atoms with van der Waals surface area (Å²) in [5.74, 6) is 0.394. The molecular formula is C27H35N3O6. The van der Waals surface area contributed by atoms with Crippen molar-refractivity contribution < 1.29 is 28.6 Å². The number of methoxy groups -OCH3 is 3. The van der Waals surface area contributed by atoms with Crippen LogP contribution < -0.4 is 20.1 Å². The molecule has 0 saturated carbocycles. The second-order valence-electron chi connectivity index (χ2n) is 8.65. The van der Waals surface area contributed by atoms with E-state index in [2.05, 4.69) is 10.6 Å². The summed E-state index contributed by atoms with van der Waals surface area (Å²) in [4.78, 5) is 40.9. The van der Waals surface area contributed by atoms with Gasteiger partial charge in [-0.05, 0) is 61.6 Å². The summed E-state index contributed by atoms with van der Waals surface area (Å²) in [7, 11) is 4.71. The Morgan fingerprint density at radius 2 is 1.67 bits per heavy atom. The number of nitrogens with zero attached hydrogens (tertiary/aromatic N) is 1. The number of amides is 3. The van der Waals surface area contributed by atoms with Crippen LogP contribution in [0.3, 0.4) is 0 Å². The van der Waals surface area contributed by atoms with E-state index in [0.717, 1.165) is 0 Å². The van der Waals surface area contributed by atoms with E-state index >= 15 is 0 Å². The summed E-state index contributed by atoms with van der Waals surface area (Å²) in [5, 5.41) is 5.84. The predicted molar refractivity (Wildman–Crippen MR) is 135 cm³/mol. The molecule has 2 aromatic rings. The van der Waals surface area contributed by atoms with Crippen molar-refractivity contribution in [2.45, 2.75) is 25.3 Å². The van der Waals surface area contributed by atoms with Gasteiger partial charge in [-0.25, -0.2) is 0 Å². The molecule has 9 heteroatoms. The number of ether oxygens (including phenoxy) is 3. The number of nitrogens with one attached hydrogen (secondary N) is 2. The van der Waals surface area contributed by atoms with Crippen molar-refractivity contribution in [1.29, 1.82) is 0 Å². The lowest BCUT2D eigenvalue weighted by Crippen LogP contribution is -2.54. The number of piperidine rings is 1. The quantitative estimate of drug-likeness (QED) is 0.462. The maximum atomic E-state index is 13.1. The van der Waals surface area contributed by atoms with Gasteiger partial charge in [-0.3, -0.25) is 14.4 Å². The van der Waals surface area contributed by atoms with Crippen molar-refractivity contribution in [2.24, 2.45) is 5.92 Å². The zero-order valence-corrected chi connectivity index (χ0v) is 21.1. The molecular weight excluding hydrogens is 462 g/mol. The smallest absolute Gasteiger partial charge is 0.257 e. The van der Waals surface area contributed by atoms with Crippen molar-refractivity contribution >= 4 is 17.7 Å². The van der Waals surface area contributed by atoms with Gasteiger partial charge in [-0.1, -0.05) is 12.1 Å².